The number of aliphatic carboxylic acids is 1. The van der Waals surface area contributed by atoms with Crippen molar-refractivity contribution in [1.29, 1.82) is 0 Å². The standard InChI is InChI=1S/C21H20ClFO3/c22-20-12-18(10-6-15(20)7-11-21(24)25)26-13-16-2-1-3-19(16)14-4-8-17(23)9-5-14/h4-6,8-10,12H,1-3,7,11,13H2,(H,24,25). The molecule has 2 aromatic carbocycles. The van der Waals surface area contributed by atoms with E-state index in [1.165, 1.54) is 23.3 Å². The van der Waals surface area contributed by atoms with Crippen molar-refractivity contribution >= 4 is 23.1 Å². The number of carboxylic acid groups (broad SMARTS) is 1. The summed E-state index contributed by atoms with van der Waals surface area (Å²) in [6, 6.07) is 11.9. The zero-order valence-electron chi connectivity index (χ0n) is 14.3. The molecule has 2 aromatic rings. The van der Waals surface area contributed by atoms with Crippen LogP contribution in [-0.2, 0) is 11.2 Å². The fourth-order valence-electron chi connectivity index (χ4n) is 3.20. The van der Waals surface area contributed by atoms with Gasteiger partial charge in [-0.3, -0.25) is 4.79 Å². The first kappa shape index (κ1) is 18.5. The number of ether oxygens (including phenoxy) is 1. The van der Waals surface area contributed by atoms with E-state index in [1.54, 1.807) is 6.07 Å². The molecular formula is C21H20ClFO3. The maximum absolute atomic E-state index is 13.1. The van der Waals surface area contributed by atoms with Crippen LogP contribution in [0.1, 0.15) is 36.8 Å². The quantitative estimate of drug-likeness (QED) is 0.694. The van der Waals surface area contributed by atoms with Crippen molar-refractivity contribution < 1.29 is 19.0 Å². The highest BCUT2D eigenvalue weighted by atomic mass is 35.5. The van der Waals surface area contributed by atoms with Gasteiger partial charge in [0, 0.05) is 11.4 Å². The van der Waals surface area contributed by atoms with Crippen LogP contribution in [0, 0.1) is 5.82 Å². The van der Waals surface area contributed by atoms with Crippen LogP contribution in [-0.4, -0.2) is 17.7 Å². The molecule has 136 valence electrons. The summed E-state index contributed by atoms with van der Waals surface area (Å²) in [6.07, 6.45) is 3.46. The van der Waals surface area contributed by atoms with Crippen molar-refractivity contribution in [3.05, 3.63) is 70.0 Å². The molecule has 0 spiro atoms. The molecule has 1 aliphatic rings. The summed E-state index contributed by atoms with van der Waals surface area (Å²) in [5, 5.41) is 9.28. The zero-order chi connectivity index (χ0) is 18.5. The molecule has 0 atom stereocenters. The first-order valence-electron chi connectivity index (χ1n) is 8.63. The molecule has 0 radical (unpaired) electrons. The van der Waals surface area contributed by atoms with Crippen LogP contribution in [0.15, 0.2) is 48.0 Å². The summed E-state index contributed by atoms with van der Waals surface area (Å²) >= 11 is 6.23. The van der Waals surface area contributed by atoms with Gasteiger partial charge in [0.15, 0.2) is 0 Å². The smallest absolute Gasteiger partial charge is 0.303 e. The van der Waals surface area contributed by atoms with Gasteiger partial charge in [0.05, 0.1) is 0 Å². The lowest BCUT2D eigenvalue weighted by Crippen LogP contribution is -2.02. The van der Waals surface area contributed by atoms with Crippen molar-refractivity contribution in [2.45, 2.75) is 32.1 Å². The van der Waals surface area contributed by atoms with Crippen molar-refractivity contribution in [1.82, 2.24) is 0 Å². The van der Waals surface area contributed by atoms with E-state index in [1.807, 2.05) is 24.3 Å². The van der Waals surface area contributed by atoms with Crippen LogP contribution >= 0.6 is 11.6 Å². The third-order valence-electron chi connectivity index (χ3n) is 4.57. The number of benzene rings is 2. The molecule has 0 heterocycles. The lowest BCUT2D eigenvalue weighted by molar-refractivity contribution is -0.136. The van der Waals surface area contributed by atoms with Gasteiger partial charge in [-0.05, 0) is 72.2 Å². The van der Waals surface area contributed by atoms with Crippen molar-refractivity contribution in [2.75, 3.05) is 6.61 Å². The van der Waals surface area contributed by atoms with Gasteiger partial charge < -0.3 is 9.84 Å². The highest BCUT2D eigenvalue weighted by Gasteiger charge is 2.17. The molecule has 0 fully saturated rings. The number of hydrogen-bond donors (Lipinski definition) is 1. The van der Waals surface area contributed by atoms with Crippen molar-refractivity contribution in [3.63, 3.8) is 0 Å². The van der Waals surface area contributed by atoms with Gasteiger partial charge in [-0.2, -0.15) is 0 Å². The predicted octanol–water partition coefficient (Wildman–Crippen LogP) is 5.51. The second kappa shape index (κ2) is 8.37. The van der Waals surface area contributed by atoms with Gasteiger partial charge in [0.1, 0.15) is 18.2 Å². The summed E-state index contributed by atoms with van der Waals surface area (Å²) in [5.74, 6) is -0.419. The highest BCUT2D eigenvalue weighted by Crippen LogP contribution is 2.34. The van der Waals surface area contributed by atoms with E-state index in [4.69, 9.17) is 21.4 Å². The van der Waals surface area contributed by atoms with E-state index < -0.39 is 5.97 Å². The van der Waals surface area contributed by atoms with Gasteiger partial charge in [0.25, 0.3) is 0 Å². The van der Waals surface area contributed by atoms with Crippen LogP contribution in [0.25, 0.3) is 5.57 Å². The minimum atomic E-state index is -0.845. The van der Waals surface area contributed by atoms with E-state index in [0.717, 1.165) is 30.4 Å². The first-order chi connectivity index (χ1) is 12.5. The first-order valence-corrected chi connectivity index (χ1v) is 9.00. The number of allylic oxidation sites excluding steroid dienone is 1. The Balaban J connectivity index is 1.67. The lowest BCUT2D eigenvalue weighted by Gasteiger charge is -2.12. The zero-order valence-corrected chi connectivity index (χ0v) is 15.1. The summed E-state index contributed by atoms with van der Waals surface area (Å²) < 4.78 is 19.0. The third-order valence-corrected chi connectivity index (χ3v) is 4.92. The average Bonchev–Trinajstić information content (AvgIpc) is 3.08. The van der Waals surface area contributed by atoms with E-state index in [0.29, 0.717) is 23.8 Å². The van der Waals surface area contributed by atoms with E-state index in [9.17, 15) is 9.18 Å². The molecule has 5 heteroatoms. The maximum atomic E-state index is 13.1. The Labute approximate surface area is 157 Å². The third kappa shape index (κ3) is 4.64. The summed E-state index contributed by atoms with van der Waals surface area (Å²) in [5.41, 5.74) is 4.30. The Morgan fingerprint density at radius 1 is 1.15 bits per heavy atom. The number of carboxylic acids is 1. The van der Waals surface area contributed by atoms with Gasteiger partial charge in [-0.1, -0.05) is 29.8 Å². The largest absolute Gasteiger partial charge is 0.489 e. The second-order valence-corrected chi connectivity index (χ2v) is 6.79. The van der Waals surface area contributed by atoms with Crippen LogP contribution in [0.5, 0.6) is 5.75 Å². The molecule has 26 heavy (non-hydrogen) atoms. The Kier molecular flexibility index (Phi) is 5.94. The molecule has 0 amide bonds. The summed E-state index contributed by atoms with van der Waals surface area (Å²) in [6.45, 7) is 0.470. The molecular weight excluding hydrogens is 355 g/mol. The molecule has 0 unspecified atom stereocenters. The molecule has 1 aliphatic carbocycles. The Morgan fingerprint density at radius 2 is 1.92 bits per heavy atom. The van der Waals surface area contributed by atoms with Crippen molar-refractivity contribution in [2.24, 2.45) is 0 Å². The van der Waals surface area contributed by atoms with Crippen LogP contribution in [0.4, 0.5) is 4.39 Å². The number of halogens is 2. The molecule has 3 nitrogen and oxygen atoms in total. The molecule has 0 bridgehead atoms. The fourth-order valence-corrected chi connectivity index (χ4v) is 3.46. The van der Waals surface area contributed by atoms with Crippen molar-refractivity contribution in [3.8, 4) is 5.75 Å². The average molecular weight is 375 g/mol. The predicted molar refractivity (Wildman–Crippen MR) is 100 cm³/mol. The maximum Gasteiger partial charge on any atom is 0.303 e. The SMILES string of the molecule is O=C(O)CCc1ccc(OCC2=C(c3ccc(F)cc3)CCC2)cc1Cl. The van der Waals surface area contributed by atoms with Gasteiger partial charge in [-0.15, -0.1) is 0 Å². The normalized spacial score (nSPS) is 13.9. The van der Waals surface area contributed by atoms with Crippen LogP contribution in [0.2, 0.25) is 5.02 Å². The minimum Gasteiger partial charge on any atom is -0.489 e. The summed E-state index contributed by atoms with van der Waals surface area (Å²) in [4.78, 5) is 10.7. The Hall–Kier alpha value is -2.33. The monoisotopic (exact) mass is 374 g/mol. The van der Waals surface area contributed by atoms with Gasteiger partial charge >= 0.3 is 5.97 Å². The van der Waals surface area contributed by atoms with E-state index >= 15 is 0 Å². The topological polar surface area (TPSA) is 46.5 Å². The Bertz CT molecular complexity index is 828. The van der Waals surface area contributed by atoms with E-state index in [2.05, 4.69) is 0 Å². The molecule has 1 N–H and O–H groups in total. The number of rotatable bonds is 7. The number of hydrogen-bond acceptors (Lipinski definition) is 2. The lowest BCUT2D eigenvalue weighted by atomic mass is 10.0. The minimum absolute atomic E-state index is 0.0494. The fraction of sp³-hybridized carbons (Fsp3) is 0.286. The molecule has 3 rings (SSSR count). The molecule has 0 aliphatic heterocycles. The van der Waals surface area contributed by atoms with Crippen LogP contribution in [0.3, 0.4) is 0 Å². The summed E-state index contributed by atoms with van der Waals surface area (Å²) in [7, 11) is 0. The number of carbonyl (C=O) groups is 1. The van der Waals surface area contributed by atoms with E-state index in [-0.39, 0.29) is 12.2 Å². The Morgan fingerprint density at radius 3 is 2.62 bits per heavy atom. The van der Waals surface area contributed by atoms with Crippen LogP contribution < -0.4 is 4.74 Å². The van der Waals surface area contributed by atoms with Gasteiger partial charge in [-0.25, -0.2) is 4.39 Å². The molecule has 0 saturated heterocycles. The highest BCUT2D eigenvalue weighted by molar-refractivity contribution is 6.31. The molecule has 0 saturated carbocycles. The van der Waals surface area contributed by atoms with Gasteiger partial charge in [0.2, 0.25) is 0 Å². The molecule has 0 aromatic heterocycles. The second-order valence-electron chi connectivity index (χ2n) is 6.38. The number of aryl methyl sites for hydroxylation is 1.